The zero-order valence-corrected chi connectivity index (χ0v) is 17.3. The van der Waals surface area contributed by atoms with Crippen molar-refractivity contribution in [2.45, 2.75) is 29.0 Å². The number of halogens is 2. The van der Waals surface area contributed by atoms with Crippen LogP contribution < -0.4 is 0 Å². The number of hydrogen-bond donors (Lipinski definition) is 0. The van der Waals surface area contributed by atoms with Gasteiger partial charge in [0, 0.05) is 12.1 Å². The summed E-state index contributed by atoms with van der Waals surface area (Å²) in [5.74, 6) is -0.0597. The maximum atomic E-state index is 13.4. The summed E-state index contributed by atoms with van der Waals surface area (Å²) in [5.41, 5.74) is 1.06. The third-order valence-electron chi connectivity index (χ3n) is 5.55. The third kappa shape index (κ3) is 3.06. The molecule has 1 amide bonds. The van der Waals surface area contributed by atoms with E-state index in [1.54, 1.807) is 41.3 Å². The second-order valence-corrected chi connectivity index (χ2v) is 9.85. The fourth-order valence-corrected chi connectivity index (χ4v) is 6.81. The highest BCUT2D eigenvalue weighted by atomic mass is 35.5. The molecule has 0 unspecified atom stereocenters. The lowest BCUT2D eigenvalue weighted by molar-refractivity contribution is 0.111. The molecule has 3 atom stereocenters. The van der Waals surface area contributed by atoms with Gasteiger partial charge in [-0.1, -0.05) is 41.4 Å². The first-order valence-electron chi connectivity index (χ1n) is 8.84. The number of fused-ring (bicyclic) bond motifs is 3. The number of pyridine rings is 1. The van der Waals surface area contributed by atoms with E-state index in [0.29, 0.717) is 30.5 Å². The number of aromatic nitrogens is 1. The molecule has 1 aromatic carbocycles. The molecule has 0 radical (unpaired) electrons. The van der Waals surface area contributed by atoms with Gasteiger partial charge in [-0.15, -0.1) is 0 Å². The fourth-order valence-electron chi connectivity index (χ4n) is 4.36. The van der Waals surface area contributed by atoms with E-state index in [1.807, 2.05) is 0 Å². The highest BCUT2D eigenvalue weighted by Gasteiger charge is 2.49. The van der Waals surface area contributed by atoms with E-state index in [-0.39, 0.29) is 27.2 Å². The SMILES string of the molecule is COC(=O)N1CC[C@@H]2C[C@H](S(=O)(=O)c3ccccc3)c3cc(Cl)nc(Cl)c3[C@@H]21. The van der Waals surface area contributed by atoms with Crippen molar-refractivity contribution >= 4 is 39.1 Å². The normalized spacial score (nSPS) is 23.8. The minimum absolute atomic E-state index is 0.0597. The van der Waals surface area contributed by atoms with Crippen LogP contribution in [0.25, 0.3) is 0 Å². The average molecular weight is 441 g/mol. The van der Waals surface area contributed by atoms with Crippen molar-refractivity contribution in [2.75, 3.05) is 13.7 Å². The molecule has 1 aliphatic heterocycles. The minimum atomic E-state index is -3.67. The molecular formula is C19H18Cl2N2O4S. The van der Waals surface area contributed by atoms with Crippen LogP contribution in [0.5, 0.6) is 0 Å². The number of nitrogens with zero attached hydrogens (tertiary/aromatic N) is 2. The van der Waals surface area contributed by atoms with Crippen molar-refractivity contribution < 1.29 is 17.9 Å². The molecule has 1 fully saturated rings. The monoisotopic (exact) mass is 440 g/mol. The molecule has 1 aromatic heterocycles. The summed E-state index contributed by atoms with van der Waals surface area (Å²) in [6.45, 7) is 0.471. The molecule has 6 nitrogen and oxygen atoms in total. The van der Waals surface area contributed by atoms with Gasteiger partial charge in [-0.05, 0) is 42.5 Å². The van der Waals surface area contributed by atoms with Gasteiger partial charge in [-0.25, -0.2) is 18.2 Å². The molecule has 0 bridgehead atoms. The molecule has 0 N–H and O–H groups in total. The lowest BCUT2D eigenvalue weighted by atomic mass is 9.80. The molecule has 28 heavy (non-hydrogen) atoms. The van der Waals surface area contributed by atoms with E-state index < -0.39 is 21.2 Å². The molecule has 9 heteroatoms. The summed E-state index contributed by atoms with van der Waals surface area (Å²) < 4.78 is 31.7. The minimum Gasteiger partial charge on any atom is -0.453 e. The van der Waals surface area contributed by atoms with Gasteiger partial charge >= 0.3 is 6.09 Å². The van der Waals surface area contributed by atoms with Crippen molar-refractivity contribution in [3.05, 3.63) is 57.8 Å². The van der Waals surface area contributed by atoms with Crippen LogP contribution >= 0.6 is 23.2 Å². The zero-order chi connectivity index (χ0) is 20.1. The van der Waals surface area contributed by atoms with Crippen molar-refractivity contribution in [3.63, 3.8) is 0 Å². The van der Waals surface area contributed by atoms with E-state index in [9.17, 15) is 13.2 Å². The summed E-state index contributed by atoms with van der Waals surface area (Å²) in [4.78, 5) is 18.2. The standard InChI is InChI=1S/C19H18Cl2N2O4S/c1-27-19(24)23-8-7-11-9-14(28(25,26)12-5-3-2-4-6-12)13-10-15(20)22-18(21)16(13)17(11)23/h2-6,10-11,14,17H,7-9H2,1H3/t11-,14+,17-/m1/s1. The Morgan fingerprint density at radius 1 is 1.25 bits per heavy atom. The molecular weight excluding hydrogens is 423 g/mol. The van der Waals surface area contributed by atoms with E-state index >= 15 is 0 Å². The van der Waals surface area contributed by atoms with Crippen molar-refractivity contribution in [2.24, 2.45) is 5.92 Å². The highest BCUT2D eigenvalue weighted by Crippen LogP contribution is 2.53. The second-order valence-electron chi connectivity index (χ2n) is 6.98. The predicted octanol–water partition coefficient (Wildman–Crippen LogP) is 4.44. The summed E-state index contributed by atoms with van der Waals surface area (Å²) in [6.07, 6.45) is 0.576. The molecule has 148 valence electrons. The van der Waals surface area contributed by atoms with Crippen LogP contribution in [0.2, 0.25) is 10.3 Å². The Labute approximate surface area is 173 Å². The van der Waals surface area contributed by atoms with E-state index in [4.69, 9.17) is 27.9 Å². The fraction of sp³-hybridized carbons (Fsp3) is 0.368. The molecule has 4 rings (SSSR count). The molecule has 2 aromatic rings. The molecule has 2 heterocycles. The van der Waals surface area contributed by atoms with Gasteiger partial charge in [0.25, 0.3) is 0 Å². The number of methoxy groups -OCH3 is 1. The van der Waals surface area contributed by atoms with Crippen LogP contribution in [0.4, 0.5) is 4.79 Å². The van der Waals surface area contributed by atoms with Crippen LogP contribution in [0.1, 0.15) is 35.3 Å². The van der Waals surface area contributed by atoms with E-state index in [1.165, 1.54) is 7.11 Å². The number of rotatable bonds is 2. The van der Waals surface area contributed by atoms with Crippen LogP contribution in [0.15, 0.2) is 41.3 Å². The summed E-state index contributed by atoms with van der Waals surface area (Å²) in [5, 5.41) is -0.555. The molecule has 2 aliphatic rings. The van der Waals surface area contributed by atoms with E-state index in [0.717, 1.165) is 0 Å². The van der Waals surface area contributed by atoms with E-state index in [2.05, 4.69) is 4.98 Å². The van der Waals surface area contributed by atoms with Crippen LogP contribution in [0.3, 0.4) is 0 Å². The maximum absolute atomic E-state index is 13.4. The van der Waals surface area contributed by atoms with Gasteiger partial charge in [0.05, 0.1) is 23.3 Å². The third-order valence-corrected chi connectivity index (χ3v) is 8.16. The second kappa shape index (κ2) is 7.21. The van der Waals surface area contributed by atoms with Crippen LogP contribution in [0, 0.1) is 5.92 Å². The Hall–Kier alpha value is -1.83. The highest BCUT2D eigenvalue weighted by molar-refractivity contribution is 7.91. The summed E-state index contributed by atoms with van der Waals surface area (Å²) >= 11 is 12.5. The first-order valence-corrected chi connectivity index (χ1v) is 11.1. The largest absolute Gasteiger partial charge is 0.453 e. The Morgan fingerprint density at radius 2 is 1.96 bits per heavy atom. The zero-order valence-electron chi connectivity index (χ0n) is 15.0. The first kappa shape index (κ1) is 19.5. The van der Waals surface area contributed by atoms with Gasteiger partial charge in [0.15, 0.2) is 9.84 Å². The smallest absolute Gasteiger partial charge is 0.410 e. The lowest BCUT2D eigenvalue weighted by Crippen LogP contribution is -2.36. The topological polar surface area (TPSA) is 76.6 Å². The van der Waals surface area contributed by atoms with Crippen molar-refractivity contribution in [1.29, 1.82) is 0 Å². The Bertz CT molecular complexity index is 1030. The van der Waals surface area contributed by atoms with Crippen LogP contribution in [-0.2, 0) is 14.6 Å². The molecule has 1 aliphatic carbocycles. The van der Waals surface area contributed by atoms with Crippen molar-refractivity contribution in [1.82, 2.24) is 9.88 Å². The number of ether oxygens (including phenoxy) is 1. The molecule has 0 saturated carbocycles. The maximum Gasteiger partial charge on any atom is 0.410 e. The van der Waals surface area contributed by atoms with Crippen LogP contribution in [-0.4, -0.2) is 38.0 Å². The Balaban J connectivity index is 1.89. The van der Waals surface area contributed by atoms with Gasteiger partial charge < -0.3 is 9.64 Å². The first-order chi connectivity index (χ1) is 13.3. The van der Waals surface area contributed by atoms with Crippen molar-refractivity contribution in [3.8, 4) is 0 Å². The number of hydrogen-bond acceptors (Lipinski definition) is 5. The quantitative estimate of drug-likeness (QED) is 0.645. The summed E-state index contributed by atoms with van der Waals surface area (Å²) in [6, 6.07) is 9.51. The molecule has 0 spiro atoms. The van der Waals surface area contributed by atoms with Gasteiger partial charge in [-0.3, -0.25) is 0 Å². The number of likely N-dealkylation sites (tertiary alicyclic amines) is 1. The Kier molecular flexibility index (Phi) is 5.02. The number of benzene rings is 1. The number of carbonyl (C=O) groups is 1. The number of amides is 1. The predicted molar refractivity (Wildman–Crippen MR) is 105 cm³/mol. The van der Waals surface area contributed by atoms with Gasteiger partial charge in [0.2, 0.25) is 0 Å². The summed E-state index contributed by atoms with van der Waals surface area (Å²) in [7, 11) is -2.35. The lowest BCUT2D eigenvalue weighted by Gasteiger charge is -2.37. The van der Waals surface area contributed by atoms with Gasteiger partial charge in [0.1, 0.15) is 10.3 Å². The number of sulfone groups is 1. The Morgan fingerprint density at radius 3 is 2.64 bits per heavy atom. The number of carbonyl (C=O) groups excluding carboxylic acids is 1. The van der Waals surface area contributed by atoms with Gasteiger partial charge in [-0.2, -0.15) is 0 Å². The average Bonchev–Trinajstić information content (AvgIpc) is 3.10. The molecule has 1 saturated heterocycles.